The fraction of sp³-hybridized carbons (Fsp3) is 0.250. The second-order valence-electron chi connectivity index (χ2n) is 8.65. The second-order valence-corrected chi connectivity index (χ2v) is 8.65. The van der Waals surface area contributed by atoms with Crippen LogP contribution in [0.1, 0.15) is 54.1 Å². The van der Waals surface area contributed by atoms with Crippen molar-refractivity contribution in [2.75, 3.05) is 0 Å². The number of allylic oxidation sites excluding steroid dienone is 3. The number of phenolic OH excluding ortho intramolecular Hbond substituents is 1. The Morgan fingerprint density at radius 3 is 2.46 bits per heavy atom. The van der Waals surface area contributed by atoms with Crippen molar-refractivity contribution in [2.45, 2.75) is 32.6 Å². The lowest BCUT2D eigenvalue weighted by Crippen LogP contribution is -2.37. The van der Waals surface area contributed by atoms with Crippen molar-refractivity contribution in [1.29, 1.82) is 0 Å². The molecule has 2 N–H and O–H groups in total. The van der Waals surface area contributed by atoms with E-state index in [1.807, 2.05) is 30.3 Å². The van der Waals surface area contributed by atoms with Gasteiger partial charge in [0.25, 0.3) is 0 Å². The molecule has 0 bridgehead atoms. The first kappa shape index (κ1) is 17.0. The van der Waals surface area contributed by atoms with Crippen molar-refractivity contribution in [3.05, 3.63) is 82.1 Å². The number of phenols is 1. The minimum absolute atomic E-state index is 0.0457. The van der Waals surface area contributed by atoms with Gasteiger partial charge in [0.15, 0.2) is 11.6 Å². The largest absolute Gasteiger partial charge is 0.508 e. The molecule has 28 heavy (non-hydrogen) atoms. The molecule has 1 aliphatic heterocycles. The number of carbonyl (C=O) groups is 2. The van der Waals surface area contributed by atoms with Gasteiger partial charge in [0, 0.05) is 40.3 Å². The zero-order valence-electron chi connectivity index (χ0n) is 15.9. The Kier molecular flexibility index (Phi) is 3.45. The highest BCUT2D eigenvalue weighted by atomic mass is 16.3. The van der Waals surface area contributed by atoms with Crippen LogP contribution in [0.15, 0.2) is 65.4 Å². The zero-order chi connectivity index (χ0) is 19.6. The maximum Gasteiger partial charge on any atom is 0.192 e. The van der Waals surface area contributed by atoms with Crippen LogP contribution in [-0.2, 0) is 4.79 Å². The van der Waals surface area contributed by atoms with Gasteiger partial charge in [-0.25, -0.2) is 0 Å². The Balaban J connectivity index is 1.76. The Labute approximate surface area is 163 Å². The number of fused-ring (bicyclic) bond motifs is 2. The minimum Gasteiger partial charge on any atom is -0.508 e. The molecular weight excluding hydrogens is 350 g/mol. The van der Waals surface area contributed by atoms with Gasteiger partial charge in [0.05, 0.1) is 5.70 Å². The smallest absolute Gasteiger partial charge is 0.192 e. The van der Waals surface area contributed by atoms with Crippen LogP contribution in [0.2, 0.25) is 0 Å². The molecule has 1 heterocycles. The Morgan fingerprint density at radius 1 is 0.964 bits per heavy atom. The summed E-state index contributed by atoms with van der Waals surface area (Å²) in [7, 11) is 0. The predicted octanol–water partition coefficient (Wildman–Crippen LogP) is 4.33. The third kappa shape index (κ3) is 2.37. The van der Waals surface area contributed by atoms with E-state index in [1.54, 1.807) is 18.2 Å². The number of carbonyl (C=O) groups excluding carboxylic acids is 2. The van der Waals surface area contributed by atoms with E-state index in [9.17, 15) is 14.7 Å². The molecule has 2 aromatic rings. The van der Waals surface area contributed by atoms with Crippen LogP contribution < -0.4 is 5.32 Å². The number of hydrogen-bond acceptors (Lipinski definition) is 4. The van der Waals surface area contributed by atoms with E-state index >= 15 is 0 Å². The molecule has 2 aromatic carbocycles. The van der Waals surface area contributed by atoms with Gasteiger partial charge in [-0.15, -0.1) is 0 Å². The topological polar surface area (TPSA) is 66.4 Å². The number of aromatic hydroxyl groups is 1. The molecule has 0 amide bonds. The standard InChI is InChI=1S/C24H21NO3/c1-24(2)11-17-20(18(27)12-24)19(13-6-5-7-14(26)10-13)21-22(25-17)15-8-3-4-9-16(15)23(21)28/h3-10,19,25-26H,11-12H2,1-2H3. The normalized spacial score (nSPS) is 22.6. The maximum absolute atomic E-state index is 13.3. The molecule has 140 valence electrons. The van der Waals surface area contributed by atoms with Gasteiger partial charge < -0.3 is 10.4 Å². The summed E-state index contributed by atoms with van der Waals surface area (Å²) in [4.78, 5) is 26.5. The predicted molar refractivity (Wildman–Crippen MR) is 107 cm³/mol. The fourth-order valence-corrected chi connectivity index (χ4v) is 4.83. The summed E-state index contributed by atoms with van der Waals surface area (Å²) in [6.07, 6.45) is 1.20. The molecule has 0 fully saturated rings. The highest BCUT2D eigenvalue weighted by Crippen LogP contribution is 2.51. The summed E-state index contributed by atoms with van der Waals surface area (Å²) < 4.78 is 0. The van der Waals surface area contributed by atoms with Gasteiger partial charge >= 0.3 is 0 Å². The quantitative estimate of drug-likeness (QED) is 0.783. The monoisotopic (exact) mass is 371 g/mol. The molecule has 2 aliphatic carbocycles. The molecule has 1 atom stereocenters. The van der Waals surface area contributed by atoms with Gasteiger partial charge in [-0.05, 0) is 29.5 Å². The third-order valence-corrected chi connectivity index (χ3v) is 5.93. The molecule has 0 radical (unpaired) electrons. The van der Waals surface area contributed by atoms with Crippen molar-refractivity contribution >= 4 is 17.3 Å². The van der Waals surface area contributed by atoms with E-state index in [4.69, 9.17) is 0 Å². The SMILES string of the molecule is CC1(C)CC(=O)C2=C(C1)NC1=C(C(=O)c3ccccc31)C2c1cccc(O)c1. The number of ketones is 2. The van der Waals surface area contributed by atoms with Crippen LogP contribution in [-0.4, -0.2) is 16.7 Å². The summed E-state index contributed by atoms with van der Waals surface area (Å²) in [5, 5.41) is 13.5. The summed E-state index contributed by atoms with van der Waals surface area (Å²) in [5.74, 6) is -0.299. The molecule has 0 spiro atoms. The number of nitrogens with one attached hydrogen (secondary N) is 1. The van der Waals surface area contributed by atoms with Crippen molar-refractivity contribution in [2.24, 2.45) is 5.41 Å². The van der Waals surface area contributed by atoms with Crippen molar-refractivity contribution in [3.63, 3.8) is 0 Å². The molecule has 0 saturated heterocycles. The van der Waals surface area contributed by atoms with Crippen LogP contribution in [0, 0.1) is 5.41 Å². The van der Waals surface area contributed by atoms with E-state index in [-0.39, 0.29) is 22.7 Å². The van der Waals surface area contributed by atoms with E-state index < -0.39 is 5.92 Å². The van der Waals surface area contributed by atoms with Crippen LogP contribution in [0.5, 0.6) is 5.75 Å². The number of hydrogen-bond donors (Lipinski definition) is 2. The summed E-state index contributed by atoms with van der Waals surface area (Å²) in [6.45, 7) is 4.19. The average Bonchev–Trinajstić information content (AvgIpc) is 2.92. The van der Waals surface area contributed by atoms with Gasteiger partial charge in [-0.2, -0.15) is 0 Å². The molecule has 4 heteroatoms. The van der Waals surface area contributed by atoms with Crippen molar-refractivity contribution in [1.82, 2.24) is 5.32 Å². The highest BCUT2D eigenvalue weighted by molar-refractivity contribution is 6.23. The van der Waals surface area contributed by atoms with Crippen molar-refractivity contribution in [3.8, 4) is 5.75 Å². The lowest BCUT2D eigenvalue weighted by Gasteiger charge is -2.39. The second kappa shape index (κ2) is 5.68. The average molecular weight is 371 g/mol. The zero-order valence-corrected chi connectivity index (χ0v) is 15.9. The summed E-state index contributed by atoms with van der Waals surface area (Å²) >= 11 is 0. The lowest BCUT2D eigenvalue weighted by molar-refractivity contribution is -0.118. The number of rotatable bonds is 1. The molecule has 3 aliphatic rings. The number of benzene rings is 2. The highest BCUT2D eigenvalue weighted by Gasteiger charge is 2.46. The molecule has 0 aromatic heterocycles. The Bertz CT molecular complexity index is 1120. The van der Waals surface area contributed by atoms with Crippen molar-refractivity contribution < 1.29 is 14.7 Å². The lowest BCUT2D eigenvalue weighted by atomic mass is 9.68. The first-order valence-electron chi connectivity index (χ1n) is 9.56. The van der Waals surface area contributed by atoms with E-state index in [1.165, 1.54) is 0 Å². The molecule has 4 nitrogen and oxygen atoms in total. The van der Waals surface area contributed by atoms with E-state index in [2.05, 4.69) is 19.2 Å². The maximum atomic E-state index is 13.3. The molecule has 1 unspecified atom stereocenters. The first-order valence-corrected chi connectivity index (χ1v) is 9.56. The van der Waals surface area contributed by atoms with E-state index in [0.717, 1.165) is 28.9 Å². The molecule has 0 saturated carbocycles. The minimum atomic E-state index is -0.457. The van der Waals surface area contributed by atoms with Gasteiger partial charge in [0.1, 0.15) is 5.75 Å². The van der Waals surface area contributed by atoms with Crippen LogP contribution in [0.4, 0.5) is 0 Å². The Hall–Kier alpha value is -3.14. The summed E-state index contributed by atoms with van der Waals surface area (Å²) in [6, 6.07) is 14.5. The van der Waals surface area contributed by atoms with E-state index in [0.29, 0.717) is 23.1 Å². The Morgan fingerprint density at radius 2 is 1.71 bits per heavy atom. The van der Waals surface area contributed by atoms with Crippen LogP contribution in [0.3, 0.4) is 0 Å². The van der Waals surface area contributed by atoms with Gasteiger partial charge in [-0.1, -0.05) is 50.2 Å². The number of Topliss-reactive ketones (excluding diaryl/α,β-unsaturated/α-hetero) is 2. The van der Waals surface area contributed by atoms with Gasteiger partial charge in [-0.3, -0.25) is 9.59 Å². The van der Waals surface area contributed by atoms with Crippen LogP contribution in [0.25, 0.3) is 5.70 Å². The summed E-state index contributed by atoms with van der Waals surface area (Å²) in [5.41, 5.74) is 5.17. The van der Waals surface area contributed by atoms with Crippen LogP contribution >= 0.6 is 0 Å². The first-order chi connectivity index (χ1) is 13.4. The van der Waals surface area contributed by atoms with Gasteiger partial charge in [0.2, 0.25) is 0 Å². The fourth-order valence-electron chi connectivity index (χ4n) is 4.83. The molecular formula is C24H21NO3. The number of dihydropyridines is 1. The molecule has 5 rings (SSSR count). The third-order valence-electron chi connectivity index (χ3n) is 5.93.